The SMILES string of the molecule is CC(=O)Nc1ccccc1Oc1ccc(I)cc1N. The molecule has 2 aromatic rings. The number of nitrogens with two attached hydrogens (primary N) is 1. The van der Waals surface area contributed by atoms with E-state index >= 15 is 0 Å². The van der Waals surface area contributed by atoms with Crippen LogP contribution in [-0.2, 0) is 4.79 Å². The molecule has 1 amide bonds. The first-order chi connectivity index (χ1) is 9.06. The molecule has 0 spiro atoms. The summed E-state index contributed by atoms with van der Waals surface area (Å²) in [6, 6.07) is 12.8. The molecule has 0 aliphatic rings. The van der Waals surface area contributed by atoms with Gasteiger partial charge in [0.15, 0.2) is 5.75 Å². The van der Waals surface area contributed by atoms with E-state index in [0.717, 1.165) is 3.57 Å². The van der Waals surface area contributed by atoms with E-state index in [0.29, 0.717) is 22.9 Å². The summed E-state index contributed by atoms with van der Waals surface area (Å²) in [4.78, 5) is 11.1. The number of carbonyl (C=O) groups excluding carboxylic acids is 1. The maximum absolute atomic E-state index is 11.1. The molecule has 2 aromatic carbocycles. The van der Waals surface area contributed by atoms with Gasteiger partial charge >= 0.3 is 0 Å². The van der Waals surface area contributed by atoms with Crippen LogP contribution in [-0.4, -0.2) is 5.91 Å². The molecule has 0 atom stereocenters. The molecular weight excluding hydrogens is 355 g/mol. The molecular formula is C14H13IN2O2. The van der Waals surface area contributed by atoms with Crippen molar-refractivity contribution in [1.82, 2.24) is 0 Å². The Morgan fingerprint density at radius 3 is 2.63 bits per heavy atom. The predicted molar refractivity (Wildman–Crippen MR) is 84.4 cm³/mol. The average molecular weight is 368 g/mol. The Morgan fingerprint density at radius 2 is 1.95 bits per heavy atom. The van der Waals surface area contributed by atoms with Gasteiger partial charge in [-0.3, -0.25) is 4.79 Å². The molecule has 0 aromatic heterocycles. The predicted octanol–water partition coefficient (Wildman–Crippen LogP) is 3.62. The normalized spacial score (nSPS) is 10.0. The number of anilines is 2. The third kappa shape index (κ3) is 3.60. The zero-order chi connectivity index (χ0) is 13.8. The Hall–Kier alpha value is -1.76. The number of hydrogen-bond acceptors (Lipinski definition) is 3. The summed E-state index contributed by atoms with van der Waals surface area (Å²) in [6.07, 6.45) is 0. The number of nitrogen functional groups attached to an aromatic ring is 1. The number of hydrogen-bond donors (Lipinski definition) is 2. The Balaban J connectivity index is 2.30. The van der Waals surface area contributed by atoms with Crippen molar-refractivity contribution in [3.05, 3.63) is 46.0 Å². The lowest BCUT2D eigenvalue weighted by Crippen LogP contribution is -2.07. The number of carbonyl (C=O) groups is 1. The number of halogens is 1. The highest BCUT2D eigenvalue weighted by Gasteiger charge is 2.08. The van der Waals surface area contributed by atoms with Crippen LogP contribution in [0.4, 0.5) is 11.4 Å². The van der Waals surface area contributed by atoms with Gasteiger partial charge in [-0.25, -0.2) is 0 Å². The Morgan fingerprint density at radius 1 is 1.21 bits per heavy atom. The van der Waals surface area contributed by atoms with Gasteiger partial charge < -0.3 is 15.8 Å². The number of nitrogens with one attached hydrogen (secondary N) is 1. The summed E-state index contributed by atoms with van der Waals surface area (Å²) in [5.41, 5.74) is 7.08. The Labute approximate surface area is 125 Å². The first-order valence-electron chi connectivity index (χ1n) is 5.66. The quantitative estimate of drug-likeness (QED) is 0.643. The van der Waals surface area contributed by atoms with Crippen LogP contribution in [0, 0.1) is 3.57 Å². The number of ether oxygens (including phenoxy) is 1. The van der Waals surface area contributed by atoms with Gasteiger partial charge in [-0.15, -0.1) is 0 Å². The van der Waals surface area contributed by atoms with E-state index < -0.39 is 0 Å². The summed E-state index contributed by atoms with van der Waals surface area (Å²) in [5, 5.41) is 2.72. The molecule has 4 nitrogen and oxygen atoms in total. The van der Waals surface area contributed by atoms with Crippen LogP contribution in [0.3, 0.4) is 0 Å². The lowest BCUT2D eigenvalue weighted by atomic mass is 10.2. The molecule has 0 saturated carbocycles. The maximum atomic E-state index is 11.1. The average Bonchev–Trinajstić information content (AvgIpc) is 2.34. The van der Waals surface area contributed by atoms with Crippen molar-refractivity contribution in [3.63, 3.8) is 0 Å². The summed E-state index contributed by atoms with van der Waals surface area (Å²) >= 11 is 2.18. The van der Waals surface area contributed by atoms with Crippen LogP contribution >= 0.6 is 22.6 Å². The standard InChI is InChI=1S/C14H13IN2O2/c1-9(18)17-12-4-2-3-5-14(12)19-13-7-6-10(15)8-11(13)16/h2-8H,16H2,1H3,(H,17,18). The zero-order valence-corrected chi connectivity index (χ0v) is 12.5. The second kappa shape index (κ2) is 5.92. The maximum Gasteiger partial charge on any atom is 0.221 e. The van der Waals surface area contributed by atoms with E-state index in [-0.39, 0.29) is 5.91 Å². The molecule has 3 N–H and O–H groups in total. The van der Waals surface area contributed by atoms with Crippen molar-refractivity contribution < 1.29 is 9.53 Å². The monoisotopic (exact) mass is 368 g/mol. The fraction of sp³-hybridized carbons (Fsp3) is 0.0714. The molecule has 5 heteroatoms. The summed E-state index contributed by atoms with van der Waals surface area (Å²) in [5.74, 6) is 0.982. The Bertz CT molecular complexity index is 614. The van der Waals surface area contributed by atoms with E-state index in [1.165, 1.54) is 6.92 Å². The van der Waals surface area contributed by atoms with Crippen LogP contribution < -0.4 is 15.8 Å². The number of amides is 1. The molecule has 0 bridgehead atoms. The van der Waals surface area contributed by atoms with E-state index in [1.54, 1.807) is 12.1 Å². The number of benzene rings is 2. The molecule has 98 valence electrons. The van der Waals surface area contributed by atoms with Gasteiger partial charge in [0.2, 0.25) is 5.91 Å². The molecule has 19 heavy (non-hydrogen) atoms. The van der Waals surface area contributed by atoms with Crippen molar-refractivity contribution in [2.45, 2.75) is 6.92 Å². The smallest absolute Gasteiger partial charge is 0.221 e. The molecule has 0 aliphatic heterocycles. The van der Waals surface area contributed by atoms with Crippen LogP contribution in [0.1, 0.15) is 6.92 Å². The molecule has 0 fully saturated rings. The van der Waals surface area contributed by atoms with Gasteiger partial charge in [-0.2, -0.15) is 0 Å². The Kier molecular flexibility index (Phi) is 4.26. The molecule has 0 radical (unpaired) electrons. The van der Waals surface area contributed by atoms with Gasteiger partial charge in [-0.1, -0.05) is 12.1 Å². The minimum Gasteiger partial charge on any atom is -0.453 e. The second-order valence-electron chi connectivity index (χ2n) is 3.96. The van der Waals surface area contributed by atoms with Crippen molar-refractivity contribution in [2.24, 2.45) is 0 Å². The van der Waals surface area contributed by atoms with Gasteiger partial charge in [0.1, 0.15) is 5.75 Å². The zero-order valence-electron chi connectivity index (χ0n) is 10.3. The van der Waals surface area contributed by atoms with E-state index in [9.17, 15) is 4.79 Å². The topological polar surface area (TPSA) is 64.3 Å². The third-order valence-electron chi connectivity index (χ3n) is 2.39. The summed E-state index contributed by atoms with van der Waals surface area (Å²) in [7, 11) is 0. The third-order valence-corrected chi connectivity index (χ3v) is 3.06. The van der Waals surface area contributed by atoms with Crippen molar-refractivity contribution in [1.29, 1.82) is 0 Å². The van der Waals surface area contributed by atoms with Crippen molar-refractivity contribution >= 4 is 39.9 Å². The minimum atomic E-state index is -0.147. The molecule has 0 saturated heterocycles. The highest BCUT2D eigenvalue weighted by Crippen LogP contribution is 2.33. The second-order valence-corrected chi connectivity index (χ2v) is 5.21. The molecule has 0 heterocycles. The molecule has 0 aliphatic carbocycles. The number of rotatable bonds is 3. The van der Waals surface area contributed by atoms with Crippen LogP contribution in [0.2, 0.25) is 0 Å². The van der Waals surface area contributed by atoms with Gasteiger partial charge in [0, 0.05) is 10.5 Å². The first kappa shape index (κ1) is 13.7. The fourth-order valence-corrected chi connectivity index (χ4v) is 2.09. The van der Waals surface area contributed by atoms with E-state index in [4.69, 9.17) is 10.5 Å². The van der Waals surface area contributed by atoms with Gasteiger partial charge in [-0.05, 0) is 52.9 Å². The summed E-state index contributed by atoms with van der Waals surface area (Å²) in [6.45, 7) is 1.45. The number of para-hydroxylation sites is 2. The van der Waals surface area contributed by atoms with Crippen molar-refractivity contribution in [3.8, 4) is 11.5 Å². The van der Waals surface area contributed by atoms with Crippen LogP contribution in [0.5, 0.6) is 11.5 Å². The van der Waals surface area contributed by atoms with Crippen molar-refractivity contribution in [2.75, 3.05) is 11.1 Å². The van der Waals surface area contributed by atoms with E-state index in [1.807, 2.05) is 30.3 Å². The lowest BCUT2D eigenvalue weighted by molar-refractivity contribution is -0.114. The molecule has 0 unspecified atom stereocenters. The van der Waals surface area contributed by atoms with Gasteiger partial charge in [0.25, 0.3) is 0 Å². The van der Waals surface area contributed by atoms with Crippen LogP contribution in [0.15, 0.2) is 42.5 Å². The largest absolute Gasteiger partial charge is 0.453 e. The summed E-state index contributed by atoms with van der Waals surface area (Å²) < 4.78 is 6.79. The van der Waals surface area contributed by atoms with E-state index in [2.05, 4.69) is 27.9 Å². The highest BCUT2D eigenvalue weighted by molar-refractivity contribution is 14.1. The molecule has 2 rings (SSSR count). The lowest BCUT2D eigenvalue weighted by Gasteiger charge is -2.12. The van der Waals surface area contributed by atoms with Crippen LogP contribution in [0.25, 0.3) is 0 Å². The minimum absolute atomic E-state index is 0.147. The fourth-order valence-electron chi connectivity index (χ4n) is 1.58. The van der Waals surface area contributed by atoms with Gasteiger partial charge in [0.05, 0.1) is 11.4 Å². The first-order valence-corrected chi connectivity index (χ1v) is 6.73. The highest BCUT2D eigenvalue weighted by atomic mass is 127.